The average molecular weight is 281 g/mol. The van der Waals surface area contributed by atoms with Crippen molar-refractivity contribution in [3.8, 4) is 11.3 Å². The summed E-state index contributed by atoms with van der Waals surface area (Å²) in [7, 11) is 3.34. The van der Waals surface area contributed by atoms with Crippen LogP contribution < -0.4 is 0 Å². The minimum Gasteiger partial charge on any atom is -0.354 e. The van der Waals surface area contributed by atoms with Gasteiger partial charge in [-0.2, -0.15) is 0 Å². The molecule has 0 aliphatic rings. The van der Waals surface area contributed by atoms with Gasteiger partial charge in [-0.05, 0) is 17.7 Å². The normalized spacial score (nSPS) is 11.4. The van der Waals surface area contributed by atoms with Gasteiger partial charge in [-0.3, -0.25) is 0 Å². The van der Waals surface area contributed by atoms with Gasteiger partial charge >= 0.3 is 0 Å². The molecular formula is C18H19NO2. The molecular weight excluding hydrogens is 262 g/mol. The van der Waals surface area contributed by atoms with Crippen molar-refractivity contribution < 1.29 is 9.47 Å². The number of methoxy groups -OCH3 is 2. The zero-order chi connectivity index (χ0) is 14.7. The Bertz CT molecular complexity index is 714. The third kappa shape index (κ3) is 2.71. The van der Waals surface area contributed by atoms with Crippen molar-refractivity contribution >= 4 is 10.9 Å². The van der Waals surface area contributed by atoms with E-state index in [2.05, 4.69) is 59.2 Å². The second kappa shape index (κ2) is 6.12. The largest absolute Gasteiger partial charge is 0.354 e. The van der Waals surface area contributed by atoms with Crippen LogP contribution in [0.1, 0.15) is 0 Å². The smallest absolute Gasteiger partial charge is 0.174 e. The van der Waals surface area contributed by atoms with Gasteiger partial charge in [0.25, 0.3) is 0 Å². The zero-order valence-electron chi connectivity index (χ0n) is 12.3. The summed E-state index contributed by atoms with van der Waals surface area (Å²) in [6.45, 7) is 0.657. The van der Waals surface area contributed by atoms with E-state index < -0.39 is 0 Å². The number of aromatic nitrogens is 1. The van der Waals surface area contributed by atoms with Gasteiger partial charge in [0.2, 0.25) is 0 Å². The Kier molecular flexibility index (Phi) is 4.04. The highest BCUT2D eigenvalue weighted by Gasteiger charge is 2.14. The molecule has 0 saturated carbocycles. The van der Waals surface area contributed by atoms with Crippen molar-refractivity contribution in [2.45, 2.75) is 12.8 Å². The topological polar surface area (TPSA) is 23.4 Å². The van der Waals surface area contributed by atoms with E-state index in [-0.39, 0.29) is 6.29 Å². The fraction of sp³-hybridized carbons (Fsp3) is 0.222. The lowest BCUT2D eigenvalue weighted by Crippen LogP contribution is -2.20. The Morgan fingerprint density at radius 3 is 2.29 bits per heavy atom. The Labute approximate surface area is 124 Å². The minimum absolute atomic E-state index is 0.261. The van der Waals surface area contributed by atoms with E-state index in [0.717, 1.165) is 0 Å². The molecule has 3 heteroatoms. The van der Waals surface area contributed by atoms with Crippen molar-refractivity contribution in [2.24, 2.45) is 0 Å². The molecule has 0 saturated heterocycles. The van der Waals surface area contributed by atoms with E-state index in [0.29, 0.717) is 6.54 Å². The first-order valence-corrected chi connectivity index (χ1v) is 7.02. The Balaban J connectivity index is 2.14. The molecule has 3 rings (SSSR count). The molecule has 3 nitrogen and oxygen atoms in total. The van der Waals surface area contributed by atoms with Crippen LogP contribution >= 0.6 is 0 Å². The number of hydrogen-bond donors (Lipinski definition) is 0. The molecule has 2 aromatic carbocycles. The van der Waals surface area contributed by atoms with Crippen LogP contribution in [0.25, 0.3) is 22.2 Å². The number of fused-ring (bicyclic) bond motifs is 1. The predicted octanol–water partition coefficient (Wildman–Crippen LogP) is 3.93. The molecule has 1 heterocycles. The van der Waals surface area contributed by atoms with Crippen LogP contribution in [-0.4, -0.2) is 25.1 Å². The first-order valence-electron chi connectivity index (χ1n) is 7.02. The quantitative estimate of drug-likeness (QED) is 0.662. The van der Waals surface area contributed by atoms with Crippen LogP contribution in [0.2, 0.25) is 0 Å². The number of ether oxygens (including phenoxy) is 2. The lowest BCUT2D eigenvalue weighted by molar-refractivity contribution is -0.110. The first-order chi connectivity index (χ1) is 10.3. The molecule has 0 radical (unpaired) electrons. The lowest BCUT2D eigenvalue weighted by Gasteiger charge is -2.17. The Hall–Kier alpha value is -2.10. The van der Waals surface area contributed by atoms with Crippen molar-refractivity contribution in [3.05, 3.63) is 60.7 Å². The van der Waals surface area contributed by atoms with Gasteiger partial charge in [0.05, 0.1) is 6.54 Å². The zero-order valence-corrected chi connectivity index (χ0v) is 12.3. The Morgan fingerprint density at radius 2 is 1.57 bits per heavy atom. The third-order valence-corrected chi connectivity index (χ3v) is 3.74. The van der Waals surface area contributed by atoms with Gasteiger partial charge < -0.3 is 14.0 Å². The van der Waals surface area contributed by atoms with Crippen molar-refractivity contribution in [1.82, 2.24) is 4.57 Å². The van der Waals surface area contributed by atoms with Crippen LogP contribution in [0.5, 0.6) is 0 Å². The van der Waals surface area contributed by atoms with E-state index in [1.54, 1.807) is 14.2 Å². The van der Waals surface area contributed by atoms with Gasteiger partial charge in [-0.15, -0.1) is 0 Å². The SMILES string of the molecule is COC(Cn1c(-c2ccccc2)cc2ccccc21)OC. The molecule has 0 N–H and O–H groups in total. The maximum Gasteiger partial charge on any atom is 0.174 e. The van der Waals surface area contributed by atoms with Crippen molar-refractivity contribution in [1.29, 1.82) is 0 Å². The summed E-state index contributed by atoms with van der Waals surface area (Å²) >= 11 is 0. The fourth-order valence-corrected chi connectivity index (χ4v) is 2.65. The molecule has 3 aromatic rings. The van der Waals surface area contributed by atoms with Crippen LogP contribution in [0.4, 0.5) is 0 Å². The summed E-state index contributed by atoms with van der Waals surface area (Å²) in [4.78, 5) is 0. The van der Waals surface area contributed by atoms with Crippen LogP contribution in [0.3, 0.4) is 0 Å². The van der Waals surface area contributed by atoms with Crippen LogP contribution in [-0.2, 0) is 16.0 Å². The van der Waals surface area contributed by atoms with Gasteiger partial charge in [-0.25, -0.2) is 0 Å². The second-order valence-corrected chi connectivity index (χ2v) is 4.97. The van der Waals surface area contributed by atoms with E-state index >= 15 is 0 Å². The van der Waals surface area contributed by atoms with E-state index in [1.807, 2.05) is 6.07 Å². The van der Waals surface area contributed by atoms with Gasteiger partial charge in [0.15, 0.2) is 6.29 Å². The fourth-order valence-electron chi connectivity index (χ4n) is 2.65. The number of hydrogen-bond acceptors (Lipinski definition) is 2. The molecule has 0 aliphatic carbocycles. The molecule has 21 heavy (non-hydrogen) atoms. The number of para-hydroxylation sites is 1. The van der Waals surface area contributed by atoms with Crippen LogP contribution in [0, 0.1) is 0 Å². The standard InChI is InChI=1S/C18H19NO2/c1-20-18(21-2)13-19-16-11-7-6-10-15(16)12-17(19)14-8-4-3-5-9-14/h3-12,18H,13H2,1-2H3. The van der Waals surface area contributed by atoms with E-state index in [9.17, 15) is 0 Å². The summed E-state index contributed by atoms with van der Waals surface area (Å²) < 4.78 is 13.0. The number of benzene rings is 2. The number of nitrogens with zero attached hydrogens (tertiary/aromatic N) is 1. The molecule has 0 spiro atoms. The van der Waals surface area contributed by atoms with Gasteiger partial charge in [0, 0.05) is 30.8 Å². The number of rotatable bonds is 5. The highest BCUT2D eigenvalue weighted by Crippen LogP contribution is 2.28. The maximum atomic E-state index is 5.37. The third-order valence-electron chi connectivity index (χ3n) is 3.74. The highest BCUT2D eigenvalue weighted by atomic mass is 16.7. The summed E-state index contributed by atoms with van der Waals surface area (Å²) in [6.07, 6.45) is -0.261. The molecule has 108 valence electrons. The molecule has 0 amide bonds. The van der Waals surface area contributed by atoms with Crippen molar-refractivity contribution in [3.63, 3.8) is 0 Å². The minimum atomic E-state index is -0.261. The molecule has 0 unspecified atom stereocenters. The molecule has 0 aliphatic heterocycles. The predicted molar refractivity (Wildman–Crippen MR) is 85.2 cm³/mol. The first kappa shape index (κ1) is 13.9. The summed E-state index contributed by atoms with van der Waals surface area (Å²) in [5, 5.41) is 1.22. The monoisotopic (exact) mass is 281 g/mol. The second-order valence-electron chi connectivity index (χ2n) is 4.97. The summed E-state index contributed by atoms with van der Waals surface area (Å²) in [5.41, 5.74) is 3.56. The molecule has 1 aromatic heterocycles. The van der Waals surface area contributed by atoms with E-state index in [4.69, 9.17) is 9.47 Å². The molecule has 0 atom stereocenters. The van der Waals surface area contributed by atoms with Crippen molar-refractivity contribution in [2.75, 3.05) is 14.2 Å². The van der Waals surface area contributed by atoms with Gasteiger partial charge in [0.1, 0.15) is 0 Å². The van der Waals surface area contributed by atoms with Crippen LogP contribution in [0.15, 0.2) is 60.7 Å². The average Bonchev–Trinajstić information content (AvgIpc) is 2.92. The van der Waals surface area contributed by atoms with E-state index in [1.165, 1.54) is 22.2 Å². The highest BCUT2D eigenvalue weighted by molar-refractivity contribution is 5.87. The van der Waals surface area contributed by atoms with Gasteiger partial charge in [-0.1, -0.05) is 48.5 Å². The lowest BCUT2D eigenvalue weighted by atomic mass is 10.1. The Morgan fingerprint density at radius 1 is 0.905 bits per heavy atom. The molecule has 0 bridgehead atoms. The summed E-state index contributed by atoms with van der Waals surface area (Å²) in [6, 6.07) is 21.0. The maximum absolute atomic E-state index is 5.37. The molecule has 0 fully saturated rings. The summed E-state index contributed by atoms with van der Waals surface area (Å²) in [5.74, 6) is 0.